The van der Waals surface area contributed by atoms with Crippen molar-refractivity contribution in [2.45, 2.75) is 38.6 Å². The van der Waals surface area contributed by atoms with Crippen LogP contribution in [0.3, 0.4) is 0 Å². The number of carbonyl (C=O) groups is 1. The van der Waals surface area contributed by atoms with Crippen molar-refractivity contribution in [1.82, 2.24) is 0 Å². The van der Waals surface area contributed by atoms with E-state index >= 15 is 0 Å². The van der Waals surface area contributed by atoms with Crippen molar-refractivity contribution in [2.75, 3.05) is 5.32 Å². The number of rotatable bonds is 4. The zero-order chi connectivity index (χ0) is 13.8. The van der Waals surface area contributed by atoms with Crippen molar-refractivity contribution in [3.05, 3.63) is 29.8 Å². The summed E-state index contributed by atoms with van der Waals surface area (Å²) in [6.07, 6.45) is 0.603. The van der Waals surface area contributed by atoms with E-state index in [0.29, 0.717) is 12.1 Å². The molecule has 1 amide bonds. The van der Waals surface area contributed by atoms with Crippen molar-refractivity contribution in [3.8, 4) is 6.07 Å². The van der Waals surface area contributed by atoms with Crippen molar-refractivity contribution in [3.63, 3.8) is 0 Å². The van der Waals surface area contributed by atoms with Crippen LogP contribution < -0.4 is 11.1 Å². The fourth-order valence-electron chi connectivity index (χ4n) is 1.46. The molecule has 0 aromatic heterocycles. The van der Waals surface area contributed by atoms with E-state index in [1.54, 1.807) is 12.1 Å². The molecule has 0 aliphatic carbocycles. The first-order valence-corrected chi connectivity index (χ1v) is 5.99. The van der Waals surface area contributed by atoms with Crippen LogP contribution in [-0.2, 0) is 10.2 Å². The Morgan fingerprint density at radius 2 is 2.00 bits per heavy atom. The monoisotopic (exact) mass is 245 g/mol. The molecule has 1 aromatic carbocycles. The predicted octanol–water partition coefficient (Wildman–Crippen LogP) is 2.16. The summed E-state index contributed by atoms with van der Waals surface area (Å²) in [5.74, 6) is -0.190. The molecule has 4 nitrogen and oxygen atoms in total. The highest BCUT2D eigenvalue weighted by Gasteiger charge is 2.19. The van der Waals surface area contributed by atoms with Gasteiger partial charge < -0.3 is 11.1 Å². The number of nitrogens with zero attached hydrogens (tertiary/aromatic N) is 1. The minimum absolute atomic E-state index is 0.190. The van der Waals surface area contributed by atoms with Gasteiger partial charge in [-0.25, -0.2) is 0 Å². The fraction of sp³-hybridized carbons (Fsp3) is 0.429. The lowest BCUT2D eigenvalue weighted by Crippen LogP contribution is -2.34. The smallest absolute Gasteiger partial charge is 0.241 e. The van der Waals surface area contributed by atoms with Crippen LogP contribution >= 0.6 is 0 Å². The second kappa shape index (κ2) is 5.65. The molecule has 0 heterocycles. The van der Waals surface area contributed by atoms with Crippen molar-refractivity contribution >= 4 is 11.6 Å². The third-order valence-corrected chi connectivity index (χ3v) is 2.93. The summed E-state index contributed by atoms with van der Waals surface area (Å²) in [7, 11) is 0. The largest absolute Gasteiger partial charge is 0.325 e. The molecule has 3 N–H and O–H groups in total. The Morgan fingerprint density at radius 3 is 2.44 bits per heavy atom. The topological polar surface area (TPSA) is 78.9 Å². The number of anilines is 1. The third-order valence-electron chi connectivity index (χ3n) is 2.93. The number of amides is 1. The van der Waals surface area contributed by atoms with Gasteiger partial charge in [0.15, 0.2) is 0 Å². The molecule has 1 rings (SSSR count). The molecular formula is C14H19N3O. The maximum atomic E-state index is 11.6. The number of hydrogen-bond acceptors (Lipinski definition) is 3. The molecule has 0 bridgehead atoms. The molecule has 0 saturated heterocycles. The molecular weight excluding hydrogens is 226 g/mol. The summed E-state index contributed by atoms with van der Waals surface area (Å²) in [6.45, 7) is 5.57. The predicted molar refractivity (Wildman–Crippen MR) is 72.0 cm³/mol. The quantitative estimate of drug-likeness (QED) is 0.853. The Kier molecular flexibility index (Phi) is 4.46. The Morgan fingerprint density at radius 1 is 1.44 bits per heavy atom. The first-order chi connectivity index (χ1) is 8.40. The number of carbonyl (C=O) groups excluding carboxylic acids is 1. The standard InChI is InChI=1S/C14H19N3O/c1-4-12(16)13(18)17-11-7-5-10(6-8-11)14(2,3)9-15/h5-8,12H,4,16H2,1-3H3,(H,17,18)/t12-/m0/s1. The molecule has 96 valence electrons. The normalized spacial score (nSPS) is 12.6. The van der Waals surface area contributed by atoms with Crippen LogP contribution in [-0.4, -0.2) is 11.9 Å². The third kappa shape index (κ3) is 3.31. The van der Waals surface area contributed by atoms with E-state index in [-0.39, 0.29) is 5.91 Å². The molecule has 0 aliphatic heterocycles. The average molecular weight is 245 g/mol. The van der Waals surface area contributed by atoms with Crippen LogP contribution in [0.2, 0.25) is 0 Å². The Balaban J connectivity index is 2.79. The second-order valence-corrected chi connectivity index (χ2v) is 4.82. The maximum Gasteiger partial charge on any atom is 0.241 e. The molecule has 0 spiro atoms. The van der Waals surface area contributed by atoms with Crippen molar-refractivity contribution < 1.29 is 4.79 Å². The van der Waals surface area contributed by atoms with Gasteiger partial charge in [-0.05, 0) is 38.0 Å². The Bertz CT molecular complexity index is 457. The van der Waals surface area contributed by atoms with Gasteiger partial charge in [0.25, 0.3) is 0 Å². The van der Waals surface area contributed by atoms with Crippen molar-refractivity contribution in [1.29, 1.82) is 5.26 Å². The van der Waals surface area contributed by atoms with E-state index in [9.17, 15) is 4.79 Å². The van der Waals surface area contributed by atoms with Gasteiger partial charge >= 0.3 is 0 Å². The van der Waals surface area contributed by atoms with E-state index < -0.39 is 11.5 Å². The SMILES string of the molecule is CC[C@H](N)C(=O)Nc1ccc(C(C)(C)C#N)cc1. The summed E-state index contributed by atoms with van der Waals surface area (Å²) in [5.41, 5.74) is 6.72. The van der Waals surface area contributed by atoms with E-state index in [2.05, 4.69) is 11.4 Å². The van der Waals surface area contributed by atoms with Crippen LogP contribution in [0.4, 0.5) is 5.69 Å². The zero-order valence-electron chi connectivity index (χ0n) is 11.0. The van der Waals surface area contributed by atoms with Gasteiger partial charge in [0.2, 0.25) is 5.91 Å². The van der Waals surface area contributed by atoms with E-state index in [1.165, 1.54) is 0 Å². The minimum atomic E-state index is -0.525. The lowest BCUT2D eigenvalue weighted by atomic mass is 9.86. The molecule has 4 heteroatoms. The van der Waals surface area contributed by atoms with E-state index in [0.717, 1.165) is 5.56 Å². The molecule has 0 aliphatic rings. The fourth-order valence-corrected chi connectivity index (χ4v) is 1.46. The summed E-state index contributed by atoms with van der Waals surface area (Å²) in [4.78, 5) is 11.6. The number of nitrogens with one attached hydrogen (secondary N) is 1. The lowest BCUT2D eigenvalue weighted by Gasteiger charge is -2.16. The Hall–Kier alpha value is -1.86. The summed E-state index contributed by atoms with van der Waals surface area (Å²) in [6, 6.07) is 9.01. The number of benzene rings is 1. The Labute approximate surface area is 108 Å². The molecule has 0 fully saturated rings. The van der Waals surface area contributed by atoms with E-state index in [4.69, 9.17) is 11.0 Å². The average Bonchev–Trinajstić information content (AvgIpc) is 2.38. The molecule has 1 atom stereocenters. The van der Waals surface area contributed by atoms with Crippen molar-refractivity contribution in [2.24, 2.45) is 5.73 Å². The van der Waals surface area contributed by atoms with Gasteiger partial charge in [-0.3, -0.25) is 4.79 Å². The van der Waals surface area contributed by atoms with Crippen LogP contribution in [0.1, 0.15) is 32.8 Å². The van der Waals surface area contributed by atoms with Crippen LogP contribution in [0.25, 0.3) is 0 Å². The molecule has 1 aromatic rings. The summed E-state index contributed by atoms with van der Waals surface area (Å²) < 4.78 is 0. The summed E-state index contributed by atoms with van der Waals surface area (Å²) in [5, 5.41) is 11.8. The first kappa shape index (κ1) is 14.2. The van der Waals surface area contributed by atoms with Gasteiger partial charge in [-0.2, -0.15) is 5.26 Å². The van der Waals surface area contributed by atoms with Gasteiger partial charge in [0.1, 0.15) is 0 Å². The van der Waals surface area contributed by atoms with Gasteiger partial charge in [-0.1, -0.05) is 19.1 Å². The van der Waals surface area contributed by atoms with Gasteiger partial charge in [0.05, 0.1) is 17.5 Å². The van der Waals surface area contributed by atoms with E-state index in [1.807, 2.05) is 32.9 Å². The number of nitriles is 1. The van der Waals surface area contributed by atoms with Crippen LogP contribution in [0, 0.1) is 11.3 Å². The van der Waals surface area contributed by atoms with Crippen LogP contribution in [0.5, 0.6) is 0 Å². The zero-order valence-corrected chi connectivity index (χ0v) is 11.0. The summed E-state index contributed by atoms with van der Waals surface area (Å²) >= 11 is 0. The van der Waals surface area contributed by atoms with Crippen LogP contribution in [0.15, 0.2) is 24.3 Å². The van der Waals surface area contributed by atoms with Gasteiger partial charge in [0, 0.05) is 5.69 Å². The molecule has 0 radical (unpaired) electrons. The number of hydrogen-bond donors (Lipinski definition) is 2. The lowest BCUT2D eigenvalue weighted by molar-refractivity contribution is -0.117. The van der Waals surface area contributed by atoms with Gasteiger partial charge in [-0.15, -0.1) is 0 Å². The molecule has 0 saturated carbocycles. The molecule has 18 heavy (non-hydrogen) atoms. The maximum absolute atomic E-state index is 11.6. The number of nitrogens with two attached hydrogens (primary N) is 1. The molecule has 0 unspecified atom stereocenters. The first-order valence-electron chi connectivity index (χ1n) is 5.99. The highest BCUT2D eigenvalue weighted by atomic mass is 16.2. The minimum Gasteiger partial charge on any atom is -0.325 e. The highest BCUT2D eigenvalue weighted by molar-refractivity contribution is 5.94. The second-order valence-electron chi connectivity index (χ2n) is 4.82. The highest BCUT2D eigenvalue weighted by Crippen LogP contribution is 2.23.